The largest absolute Gasteiger partial charge is 0.168 e. The zero-order valence-corrected chi connectivity index (χ0v) is 26.3. The van der Waals surface area contributed by atoms with Crippen LogP contribution in [0.3, 0.4) is 0 Å². The molecule has 0 spiro atoms. The molecule has 0 radical (unpaired) electrons. The van der Waals surface area contributed by atoms with E-state index >= 15 is 0 Å². The van der Waals surface area contributed by atoms with E-state index in [2.05, 4.69) is 160 Å². The van der Waals surface area contributed by atoms with Gasteiger partial charge in [-0.3, -0.25) is 0 Å². The van der Waals surface area contributed by atoms with Gasteiger partial charge in [0.15, 0.2) is 0 Å². The maximum absolute atomic E-state index is 2.31. The van der Waals surface area contributed by atoms with Crippen LogP contribution < -0.4 is 0 Å². The van der Waals surface area contributed by atoms with E-state index in [0.717, 1.165) is 0 Å². The second kappa shape index (κ2) is 13.8. The molecule has 38 heavy (non-hydrogen) atoms. The Morgan fingerprint density at radius 2 is 0.974 bits per heavy atom. The van der Waals surface area contributed by atoms with Crippen molar-refractivity contribution in [2.75, 3.05) is 0 Å². The average Bonchev–Trinajstić information content (AvgIpc) is 3.31. The zero-order chi connectivity index (χ0) is 26.9. The van der Waals surface area contributed by atoms with Gasteiger partial charge in [-0.15, -0.1) is 47.6 Å². The van der Waals surface area contributed by atoms with Crippen molar-refractivity contribution in [1.82, 2.24) is 0 Å². The number of benzene rings is 2. The summed E-state index contributed by atoms with van der Waals surface area (Å²) in [4.78, 5) is 0. The molecule has 4 aromatic rings. The van der Waals surface area contributed by atoms with Gasteiger partial charge in [0, 0.05) is 0 Å². The molecule has 0 N–H and O–H groups in total. The van der Waals surface area contributed by atoms with Gasteiger partial charge in [0.05, 0.1) is 0 Å². The minimum absolute atomic E-state index is 0.210. The molecular formula is C36H36SiZr. The fourth-order valence-corrected chi connectivity index (χ4v) is 5.00. The molecule has 2 heteroatoms. The van der Waals surface area contributed by atoms with Gasteiger partial charge in [0.25, 0.3) is 0 Å². The maximum Gasteiger partial charge on any atom is -0.0144 e. The molecule has 188 valence electrons. The van der Waals surface area contributed by atoms with Crippen LogP contribution in [-0.2, 0) is 23.3 Å². The Bertz CT molecular complexity index is 1350. The maximum atomic E-state index is 2.31. The van der Waals surface area contributed by atoms with Gasteiger partial charge >= 0.3 is 41.9 Å². The molecule has 0 amide bonds. The molecule has 0 aromatic heterocycles. The third-order valence-corrected chi connectivity index (χ3v) is 6.57. The van der Waals surface area contributed by atoms with E-state index in [-0.39, 0.29) is 5.43 Å². The van der Waals surface area contributed by atoms with Crippen molar-refractivity contribution in [1.29, 1.82) is 0 Å². The summed E-state index contributed by atoms with van der Waals surface area (Å²) in [6, 6.07) is 30.5. The Morgan fingerprint density at radius 3 is 1.34 bits per heavy atom. The number of hydrogen-bond donors (Lipinski definition) is 0. The zero-order valence-electron chi connectivity index (χ0n) is 22.9. The summed E-state index contributed by atoms with van der Waals surface area (Å²) in [7, 11) is 0. The van der Waals surface area contributed by atoms with Crippen molar-refractivity contribution >= 4 is 17.6 Å². The number of aryl methyl sites for hydroxylation is 2. The van der Waals surface area contributed by atoms with Crippen LogP contribution in [0, 0.1) is 13.8 Å². The van der Waals surface area contributed by atoms with Crippen LogP contribution >= 0.6 is 0 Å². The molecule has 0 saturated heterocycles. The number of rotatable bonds is 2. The molecular weight excluding hydrogens is 552 g/mol. The van der Waals surface area contributed by atoms with Crippen LogP contribution in [0.1, 0.15) is 56.3 Å². The Labute approximate surface area is 244 Å². The van der Waals surface area contributed by atoms with E-state index in [0.29, 0.717) is 11.8 Å². The van der Waals surface area contributed by atoms with Crippen molar-refractivity contribution in [3.05, 3.63) is 166 Å². The first kappa shape index (κ1) is 28.2. The summed E-state index contributed by atoms with van der Waals surface area (Å²) >= 11 is 1.74. The van der Waals surface area contributed by atoms with Crippen molar-refractivity contribution in [3.63, 3.8) is 0 Å². The molecule has 4 aromatic carbocycles. The fraction of sp³-hybridized carbons (Fsp3) is 0.167. The van der Waals surface area contributed by atoms with E-state index in [4.69, 9.17) is 0 Å². The first-order valence-corrected chi connectivity index (χ1v) is 19.5. The predicted molar refractivity (Wildman–Crippen MR) is 164 cm³/mol. The van der Waals surface area contributed by atoms with E-state index < -0.39 is 0 Å². The van der Waals surface area contributed by atoms with E-state index in [1.807, 2.05) is 0 Å². The summed E-state index contributed by atoms with van der Waals surface area (Å²) in [5.41, 5.74) is 11.1. The van der Waals surface area contributed by atoms with Gasteiger partial charge in [-0.25, -0.2) is 0 Å². The third kappa shape index (κ3) is 7.62. The SMILES string of the molecule is C[Si](C)=[Zr+2].Cc1cc2c([cH-]1)C=CC=CC2c1ccccc1.Cc1cc2c([cH-]1)C=CC=CC2c1ccccc1. The van der Waals surface area contributed by atoms with Gasteiger partial charge < -0.3 is 0 Å². The number of hydrogen-bond acceptors (Lipinski definition) is 0. The quantitative estimate of drug-likeness (QED) is 0.162. The monoisotopic (exact) mass is 586 g/mol. The second-order valence-corrected chi connectivity index (χ2v) is 19.5. The van der Waals surface area contributed by atoms with Gasteiger partial charge in [-0.05, 0) is 23.0 Å². The van der Waals surface area contributed by atoms with Crippen molar-refractivity contribution < 1.29 is 23.3 Å². The van der Waals surface area contributed by atoms with Crippen LogP contribution in [-0.4, -0.2) is 5.43 Å². The van der Waals surface area contributed by atoms with E-state index in [1.165, 1.54) is 44.5 Å². The summed E-state index contributed by atoms with van der Waals surface area (Å²) in [6.45, 7) is 8.94. The molecule has 2 atom stereocenters. The Kier molecular flexibility index (Phi) is 10.3. The minimum Gasteiger partial charge on any atom is -0.168 e. The van der Waals surface area contributed by atoms with Crippen LogP contribution in [0.15, 0.2) is 121 Å². The molecule has 0 aliphatic heterocycles. The topological polar surface area (TPSA) is 0 Å². The second-order valence-electron chi connectivity index (χ2n) is 10.2. The smallest absolute Gasteiger partial charge is 0.0144 e. The van der Waals surface area contributed by atoms with Gasteiger partial charge in [0.1, 0.15) is 0 Å². The molecule has 0 nitrogen and oxygen atoms in total. The summed E-state index contributed by atoms with van der Waals surface area (Å²) in [5, 5.41) is 0. The molecule has 0 heterocycles. The first-order chi connectivity index (χ1) is 18.4. The Morgan fingerprint density at radius 1 is 0.605 bits per heavy atom. The fourth-order valence-electron chi connectivity index (χ4n) is 5.00. The number of fused-ring (bicyclic) bond motifs is 2. The van der Waals surface area contributed by atoms with Gasteiger partial charge in [-0.1, -0.05) is 98.8 Å². The Balaban J connectivity index is 0.000000156. The number of allylic oxidation sites excluding steroid dienone is 6. The minimum atomic E-state index is 0.210. The molecule has 2 aliphatic rings. The standard InChI is InChI=1S/2C17H15.C2H6Si.Zr/c2*1-13-11-15-9-5-6-10-16(17(15)12-13)14-7-3-2-4-8-14;1-3-2;/h2*2-12,16H,1H3;1-2H3;/q2*-1;;+2. The Hall–Kier alpha value is -2.80. The predicted octanol–water partition coefficient (Wildman–Crippen LogP) is 9.64. The van der Waals surface area contributed by atoms with E-state index in [1.54, 1.807) is 23.3 Å². The van der Waals surface area contributed by atoms with Gasteiger partial charge in [-0.2, -0.15) is 34.4 Å². The van der Waals surface area contributed by atoms with Crippen LogP contribution in [0.2, 0.25) is 13.1 Å². The molecule has 0 bridgehead atoms. The summed E-state index contributed by atoms with van der Waals surface area (Å²) in [6.07, 6.45) is 17.5. The average molecular weight is 588 g/mol. The molecule has 2 unspecified atom stereocenters. The summed E-state index contributed by atoms with van der Waals surface area (Å²) in [5.74, 6) is 0.768. The summed E-state index contributed by atoms with van der Waals surface area (Å²) < 4.78 is 0. The third-order valence-electron chi connectivity index (χ3n) is 6.57. The van der Waals surface area contributed by atoms with Crippen molar-refractivity contribution in [2.45, 2.75) is 38.8 Å². The molecule has 0 saturated carbocycles. The van der Waals surface area contributed by atoms with Crippen LogP contribution in [0.25, 0.3) is 12.2 Å². The normalized spacial score (nSPS) is 16.7. The van der Waals surface area contributed by atoms with Crippen molar-refractivity contribution in [2.24, 2.45) is 0 Å². The van der Waals surface area contributed by atoms with E-state index in [9.17, 15) is 0 Å². The first-order valence-electron chi connectivity index (χ1n) is 13.3. The van der Waals surface area contributed by atoms with Gasteiger partial charge in [0.2, 0.25) is 0 Å². The molecule has 2 aliphatic carbocycles. The molecule has 0 fully saturated rings. The van der Waals surface area contributed by atoms with Crippen molar-refractivity contribution in [3.8, 4) is 0 Å². The molecule has 6 rings (SSSR count). The van der Waals surface area contributed by atoms with Crippen LogP contribution in [0.5, 0.6) is 0 Å². The van der Waals surface area contributed by atoms with Crippen LogP contribution in [0.4, 0.5) is 0 Å².